The molecule has 0 aliphatic rings. The molecule has 1 aromatic rings. The number of benzene rings is 1. The van der Waals surface area contributed by atoms with E-state index in [1.807, 2.05) is 6.07 Å². The van der Waals surface area contributed by atoms with Gasteiger partial charge >= 0.3 is 0 Å². The zero-order valence-corrected chi connectivity index (χ0v) is 9.79. The van der Waals surface area contributed by atoms with E-state index in [9.17, 15) is 14.9 Å². The number of nitro benzene ring substituents is 1. The molecule has 0 aliphatic carbocycles. The number of hydrogen-bond donors (Lipinski definition) is 1. The summed E-state index contributed by atoms with van der Waals surface area (Å²) in [5.74, 6) is -0.529. The van der Waals surface area contributed by atoms with Gasteiger partial charge in [0.1, 0.15) is 6.07 Å². The second-order valence-electron chi connectivity index (χ2n) is 3.55. The number of nitriles is 1. The van der Waals surface area contributed by atoms with Crippen molar-refractivity contribution in [3.05, 3.63) is 33.9 Å². The second-order valence-corrected chi connectivity index (χ2v) is 3.55. The second kappa shape index (κ2) is 5.63. The summed E-state index contributed by atoms with van der Waals surface area (Å²) in [7, 11) is 0. The lowest BCUT2D eigenvalue weighted by atomic mass is 10.1. The van der Waals surface area contributed by atoms with Crippen molar-refractivity contribution in [1.29, 1.82) is 5.26 Å². The first kappa shape index (κ1) is 13.4. The smallest absolute Gasteiger partial charge is 0.270 e. The molecule has 1 amide bonds. The van der Waals surface area contributed by atoms with Gasteiger partial charge < -0.3 is 10.6 Å². The van der Waals surface area contributed by atoms with Crippen molar-refractivity contribution in [3.8, 4) is 6.07 Å². The summed E-state index contributed by atoms with van der Waals surface area (Å²) in [6.45, 7) is 2.23. The quantitative estimate of drug-likeness (QED) is 0.610. The zero-order valence-electron chi connectivity index (χ0n) is 9.79. The van der Waals surface area contributed by atoms with Crippen LogP contribution in [-0.2, 0) is 4.79 Å². The molecule has 1 rings (SSSR count). The fraction of sp³-hybridized carbons (Fsp3) is 0.273. The number of likely N-dealkylation sites (N-methyl/N-ethyl adjacent to an activating group) is 1. The Balaban J connectivity index is 3.19. The Morgan fingerprint density at radius 2 is 2.28 bits per heavy atom. The number of nitrogens with two attached hydrogens (primary N) is 1. The van der Waals surface area contributed by atoms with Crippen molar-refractivity contribution in [1.82, 2.24) is 0 Å². The molecule has 0 atom stereocenters. The highest BCUT2D eigenvalue weighted by molar-refractivity contribution is 5.80. The molecule has 0 heterocycles. The highest BCUT2D eigenvalue weighted by atomic mass is 16.6. The van der Waals surface area contributed by atoms with Crippen LogP contribution in [0.1, 0.15) is 12.5 Å². The molecule has 0 radical (unpaired) electrons. The Kier molecular flexibility index (Phi) is 4.21. The van der Waals surface area contributed by atoms with E-state index in [0.717, 1.165) is 0 Å². The van der Waals surface area contributed by atoms with E-state index in [1.165, 1.54) is 18.2 Å². The summed E-state index contributed by atoms with van der Waals surface area (Å²) in [4.78, 5) is 22.5. The van der Waals surface area contributed by atoms with Crippen LogP contribution in [0, 0.1) is 21.4 Å². The Hall–Kier alpha value is -2.62. The number of amides is 1. The van der Waals surface area contributed by atoms with Gasteiger partial charge in [0, 0.05) is 18.7 Å². The molecule has 0 fully saturated rings. The van der Waals surface area contributed by atoms with Crippen molar-refractivity contribution in [2.24, 2.45) is 5.73 Å². The molecule has 0 aromatic heterocycles. The maximum Gasteiger partial charge on any atom is 0.270 e. The molecular weight excluding hydrogens is 236 g/mol. The molecule has 7 nitrogen and oxygen atoms in total. The summed E-state index contributed by atoms with van der Waals surface area (Å²) in [6, 6.07) is 5.80. The van der Waals surface area contributed by atoms with Crippen LogP contribution in [0.5, 0.6) is 0 Å². The first-order chi connectivity index (χ1) is 8.49. The van der Waals surface area contributed by atoms with Crippen LogP contribution >= 0.6 is 0 Å². The number of rotatable bonds is 5. The molecular formula is C11H12N4O3. The van der Waals surface area contributed by atoms with E-state index in [4.69, 9.17) is 11.0 Å². The standard InChI is InChI=1S/C11H12N4O3/c1-2-14(7-11(13)16)10-4-3-9(15(17)18)5-8(10)6-12/h3-5H,2,7H2,1H3,(H2,13,16). The highest BCUT2D eigenvalue weighted by Gasteiger charge is 2.15. The first-order valence-corrected chi connectivity index (χ1v) is 5.21. The highest BCUT2D eigenvalue weighted by Crippen LogP contribution is 2.24. The zero-order chi connectivity index (χ0) is 13.7. The minimum Gasteiger partial charge on any atom is -0.368 e. The molecule has 1 aromatic carbocycles. The first-order valence-electron chi connectivity index (χ1n) is 5.21. The van der Waals surface area contributed by atoms with Gasteiger partial charge in [-0.25, -0.2) is 0 Å². The number of nitrogens with zero attached hydrogens (tertiary/aromatic N) is 3. The summed E-state index contributed by atoms with van der Waals surface area (Å²) < 4.78 is 0. The van der Waals surface area contributed by atoms with Crippen LogP contribution in [-0.4, -0.2) is 23.9 Å². The number of primary amides is 1. The third-order valence-electron chi connectivity index (χ3n) is 2.38. The van der Waals surface area contributed by atoms with E-state index < -0.39 is 10.8 Å². The predicted octanol–water partition coefficient (Wildman–Crippen LogP) is 0.778. The van der Waals surface area contributed by atoms with Crippen molar-refractivity contribution in [2.45, 2.75) is 6.92 Å². The van der Waals surface area contributed by atoms with Crippen molar-refractivity contribution in [2.75, 3.05) is 18.0 Å². The molecule has 7 heteroatoms. The lowest BCUT2D eigenvalue weighted by molar-refractivity contribution is -0.384. The molecule has 2 N–H and O–H groups in total. The molecule has 18 heavy (non-hydrogen) atoms. The third-order valence-corrected chi connectivity index (χ3v) is 2.38. The maximum atomic E-state index is 10.9. The molecule has 94 valence electrons. The van der Waals surface area contributed by atoms with Gasteiger partial charge in [-0.15, -0.1) is 0 Å². The van der Waals surface area contributed by atoms with Gasteiger partial charge in [-0.3, -0.25) is 14.9 Å². The Labute approximate surface area is 104 Å². The fourth-order valence-electron chi connectivity index (χ4n) is 1.56. The summed E-state index contributed by atoms with van der Waals surface area (Å²) >= 11 is 0. The van der Waals surface area contributed by atoms with Gasteiger partial charge in [-0.2, -0.15) is 5.26 Å². The molecule has 0 bridgehead atoms. The topological polar surface area (TPSA) is 113 Å². The average molecular weight is 248 g/mol. The molecule has 0 saturated carbocycles. The van der Waals surface area contributed by atoms with Gasteiger partial charge in [0.05, 0.1) is 22.7 Å². The number of non-ortho nitro benzene ring substituents is 1. The van der Waals surface area contributed by atoms with E-state index in [0.29, 0.717) is 12.2 Å². The van der Waals surface area contributed by atoms with Crippen LogP contribution in [0.2, 0.25) is 0 Å². The van der Waals surface area contributed by atoms with Crippen LogP contribution in [0.25, 0.3) is 0 Å². The minimum atomic E-state index is -0.574. The molecule has 0 aliphatic heterocycles. The van der Waals surface area contributed by atoms with E-state index in [1.54, 1.807) is 11.8 Å². The maximum absolute atomic E-state index is 10.9. The largest absolute Gasteiger partial charge is 0.368 e. The van der Waals surface area contributed by atoms with Gasteiger partial charge in [0.15, 0.2) is 0 Å². The lowest BCUT2D eigenvalue weighted by Gasteiger charge is -2.22. The Morgan fingerprint density at radius 3 is 2.72 bits per heavy atom. The van der Waals surface area contributed by atoms with Crippen LogP contribution < -0.4 is 10.6 Å². The number of carbonyl (C=O) groups is 1. The normalized spacial score (nSPS) is 9.56. The lowest BCUT2D eigenvalue weighted by Crippen LogP contribution is -2.34. The molecule has 0 unspecified atom stereocenters. The van der Waals surface area contributed by atoms with Gasteiger partial charge in [-0.1, -0.05) is 0 Å². The van der Waals surface area contributed by atoms with E-state index in [-0.39, 0.29) is 17.8 Å². The van der Waals surface area contributed by atoms with E-state index >= 15 is 0 Å². The van der Waals surface area contributed by atoms with Crippen molar-refractivity contribution < 1.29 is 9.72 Å². The SMILES string of the molecule is CCN(CC(N)=O)c1ccc([N+](=O)[O-])cc1C#N. The van der Waals surface area contributed by atoms with Crippen molar-refractivity contribution >= 4 is 17.3 Å². The van der Waals surface area contributed by atoms with Gasteiger partial charge in [-0.05, 0) is 13.0 Å². The number of anilines is 1. The Bertz CT molecular complexity index is 522. The predicted molar refractivity (Wildman–Crippen MR) is 64.9 cm³/mol. The summed E-state index contributed by atoms with van der Waals surface area (Å²) in [6.07, 6.45) is 0. The van der Waals surface area contributed by atoms with Crippen LogP contribution in [0.4, 0.5) is 11.4 Å². The van der Waals surface area contributed by atoms with Crippen LogP contribution in [0.3, 0.4) is 0 Å². The summed E-state index contributed by atoms with van der Waals surface area (Å²) in [5.41, 5.74) is 5.55. The Morgan fingerprint density at radius 1 is 1.61 bits per heavy atom. The fourth-order valence-corrected chi connectivity index (χ4v) is 1.56. The van der Waals surface area contributed by atoms with Crippen LogP contribution in [0.15, 0.2) is 18.2 Å². The molecule has 0 spiro atoms. The summed E-state index contributed by atoms with van der Waals surface area (Å²) in [5, 5.41) is 19.6. The number of carbonyl (C=O) groups excluding carboxylic acids is 1. The number of nitro groups is 1. The van der Waals surface area contributed by atoms with Gasteiger partial charge in [0.2, 0.25) is 5.91 Å². The monoisotopic (exact) mass is 248 g/mol. The minimum absolute atomic E-state index is 0.0387. The molecule has 0 saturated heterocycles. The third kappa shape index (κ3) is 2.95. The average Bonchev–Trinajstić information content (AvgIpc) is 2.34. The van der Waals surface area contributed by atoms with Gasteiger partial charge in [0.25, 0.3) is 5.69 Å². The van der Waals surface area contributed by atoms with E-state index in [2.05, 4.69) is 0 Å². The van der Waals surface area contributed by atoms with Crippen molar-refractivity contribution in [3.63, 3.8) is 0 Å². The number of hydrogen-bond acceptors (Lipinski definition) is 5.